The van der Waals surface area contributed by atoms with Gasteiger partial charge < -0.3 is 5.32 Å². The number of hydrogen-bond donors (Lipinski definition) is 2. The van der Waals surface area contributed by atoms with E-state index in [2.05, 4.69) is 22.4 Å². The van der Waals surface area contributed by atoms with Crippen LogP contribution in [0, 0.1) is 0 Å². The number of fused-ring (bicyclic) bond motifs is 1. The number of rotatable bonds is 4. The number of benzene rings is 1. The van der Waals surface area contributed by atoms with Crippen molar-refractivity contribution < 1.29 is 4.79 Å². The van der Waals surface area contributed by atoms with Crippen LogP contribution in [0.15, 0.2) is 36.5 Å². The molecule has 2 unspecified atom stereocenters. The lowest BCUT2D eigenvalue weighted by Gasteiger charge is -2.25. The van der Waals surface area contributed by atoms with E-state index in [0.29, 0.717) is 0 Å². The van der Waals surface area contributed by atoms with Crippen molar-refractivity contribution in [3.8, 4) is 0 Å². The second-order valence-corrected chi connectivity index (χ2v) is 5.69. The first-order valence-electron chi connectivity index (χ1n) is 7.64. The van der Waals surface area contributed by atoms with Crippen molar-refractivity contribution in [2.75, 3.05) is 0 Å². The Hall–Kier alpha value is -2.10. The average Bonchev–Trinajstić information content (AvgIpc) is 2.96. The fraction of sp³-hybridized carbons (Fsp3) is 0.412. The first kappa shape index (κ1) is 13.9. The number of aryl methyl sites for hydroxylation is 1. The largest absolute Gasteiger partial charge is 0.352 e. The molecule has 0 spiro atoms. The van der Waals surface area contributed by atoms with Crippen LogP contribution in [0.25, 0.3) is 0 Å². The van der Waals surface area contributed by atoms with Crippen molar-refractivity contribution in [3.05, 3.63) is 53.3 Å². The monoisotopic (exact) mass is 283 g/mol. The normalized spacial score (nSPS) is 18.8. The predicted octanol–water partition coefficient (Wildman–Crippen LogP) is 2.58. The zero-order valence-corrected chi connectivity index (χ0v) is 12.3. The third kappa shape index (κ3) is 2.99. The molecule has 1 heterocycles. The third-order valence-electron chi connectivity index (χ3n) is 4.29. The summed E-state index contributed by atoms with van der Waals surface area (Å²) in [5, 5.41) is 10.3. The number of hydrogen-bond acceptors (Lipinski definition) is 2. The minimum absolute atomic E-state index is 0.0608. The number of amides is 1. The molecule has 2 aromatic rings. The number of H-pyrrole nitrogens is 1. The molecule has 110 valence electrons. The molecular formula is C17H21N3O. The standard InChI is InChI=1S/C17H21N3O/c1-2-15(12-6-4-3-5-7-12)17(21)19-14-9-8-13-11-18-20-16(13)10-14/h3-7,11,14-15H,2,8-10H2,1H3,(H,18,20)(H,19,21). The SMILES string of the molecule is CCC(C(=O)NC1CCc2cn[nH]c2C1)c1ccccc1. The Labute approximate surface area is 125 Å². The summed E-state index contributed by atoms with van der Waals surface area (Å²) in [6.07, 6.45) is 5.54. The number of carbonyl (C=O) groups is 1. The van der Waals surface area contributed by atoms with Gasteiger partial charge in [0.15, 0.2) is 0 Å². The Bertz CT molecular complexity index is 606. The van der Waals surface area contributed by atoms with Gasteiger partial charge in [0.2, 0.25) is 5.91 Å². The van der Waals surface area contributed by atoms with Gasteiger partial charge >= 0.3 is 0 Å². The van der Waals surface area contributed by atoms with Crippen LogP contribution in [-0.4, -0.2) is 22.1 Å². The smallest absolute Gasteiger partial charge is 0.227 e. The molecule has 1 aliphatic rings. The molecule has 0 radical (unpaired) electrons. The second-order valence-electron chi connectivity index (χ2n) is 5.69. The topological polar surface area (TPSA) is 57.8 Å². The maximum absolute atomic E-state index is 12.6. The molecule has 1 amide bonds. The van der Waals surface area contributed by atoms with Gasteiger partial charge in [0.05, 0.1) is 12.1 Å². The van der Waals surface area contributed by atoms with E-state index in [4.69, 9.17) is 0 Å². The van der Waals surface area contributed by atoms with E-state index in [9.17, 15) is 4.79 Å². The van der Waals surface area contributed by atoms with Crippen molar-refractivity contribution >= 4 is 5.91 Å². The zero-order valence-electron chi connectivity index (χ0n) is 12.3. The van der Waals surface area contributed by atoms with E-state index in [1.807, 2.05) is 36.5 Å². The summed E-state index contributed by atoms with van der Waals surface area (Å²) < 4.78 is 0. The van der Waals surface area contributed by atoms with E-state index in [1.165, 1.54) is 11.3 Å². The average molecular weight is 283 g/mol. The molecule has 0 saturated carbocycles. The molecule has 4 nitrogen and oxygen atoms in total. The Morgan fingerprint density at radius 1 is 1.43 bits per heavy atom. The van der Waals surface area contributed by atoms with Crippen LogP contribution in [0.3, 0.4) is 0 Å². The van der Waals surface area contributed by atoms with Crippen LogP contribution >= 0.6 is 0 Å². The lowest BCUT2D eigenvalue weighted by molar-refractivity contribution is -0.123. The van der Waals surface area contributed by atoms with Crippen molar-refractivity contribution in [1.82, 2.24) is 15.5 Å². The summed E-state index contributed by atoms with van der Waals surface area (Å²) in [5.74, 6) is 0.0750. The minimum atomic E-state index is -0.0608. The lowest BCUT2D eigenvalue weighted by atomic mass is 9.91. The van der Waals surface area contributed by atoms with E-state index in [1.54, 1.807) is 0 Å². The van der Waals surface area contributed by atoms with Gasteiger partial charge in [0.25, 0.3) is 0 Å². The van der Waals surface area contributed by atoms with Gasteiger partial charge in [-0.1, -0.05) is 37.3 Å². The van der Waals surface area contributed by atoms with Crippen molar-refractivity contribution in [2.45, 2.75) is 44.6 Å². The molecule has 0 fully saturated rings. The van der Waals surface area contributed by atoms with Gasteiger partial charge in [0.1, 0.15) is 0 Å². The number of nitrogens with zero attached hydrogens (tertiary/aromatic N) is 1. The van der Waals surface area contributed by atoms with Crippen LogP contribution < -0.4 is 5.32 Å². The van der Waals surface area contributed by atoms with Gasteiger partial charge in [-0.2, -0.15) is 5.10 Å². The number of aromatic nitrogens is 2. The second kappa shape index (κ2) is 6.12. The van der Waals surface area contributed by atoms with E-state index in [-0.39, 0.29) is 17.9 Å². The summed E-state index contributed by atoms with van der Waals surface area (Å²) in [6, 6.07) is 10.2. The molecule has 0 aliphatic heterocycles. The summed E-state index contributed by atoms with van der Waals surface area (Å²) in [6.45, 7) is 2.06. The first-order chi connectivity index (χ1) is 10.3. The van der Waals surface area contributed by atoms with Crippen LogP contribution in [0.5, 0.6) is 0 Å². The molecule has 1 aliphatic carbocycles. The summed E-state index contributed by atoms with van der Waals surface area (Å²) in [5.41, 5.74) is 3.55. The number of carbonyl (C=O) groups excluding carboxylic acids is 1. The van der Waals surface area contributed by atoms with Crippen molar-refractivity contribution in [1.29, 1.82) is 0 Å². The van der Waals surface area contributed by atoms with E-state index >= 15 is 0 Å². The van der Waals surface area contributed by atoms with E-state index < -0.39 is 0 Å². The van der Waals surface area contributed by atoms with Gasteiger partial charge in [0, 0.05) is 18.2 Å². The maximum atomic E-state index is 12.6. The highest BCUT2D eigenvalue weighted by Crippen LogP contribution is 2.22. The van der Waals surface area contributed by atoms with Crippen LogP contribution in [0.2, 0.25) is 0 Å². The lowest BCUT2D eigenvalue weighted by Crippen LogP contribution is -2.41. The highest BCUT2D eigenvalue weighted by molar-refractivity contribution is 5.83. The van der Waals surface area contributed by atoms with Gasteiger partial charge in [-0.15, -0.1) is 0 Å². The summed E-state index contributed by atoms with van der Waals surface area (Å²) >= 11 is 0. The van der Waals surface area contributed by atoms with Crippen molar-refractivity contribution in [3.63, 3.8) is 0 Å². The Morgan fingerprint density at radius 2 is 2.24 bits per heavy atom. The third-order valence-corrected chi connectivity index (χ3v) is 4.29. The zero-order chi connectivity index (χ0) is 14.7. The number of nitrogens with one attached hydrogen (secondary N) is 2. The van der Waals surface area contributed by atoms with Crippen LogP contribution in [0.1, 0.15) is 42.5 Å². The summed E-state index contributed by atoms with van der Waals surface area (Å²) in [7, 11) is 0. The van der Waals surface area contributed by atoms with E-state index in [0.717, 1.165) is 31.2 Å². The molecule has 2 atom stereocenters. The Morgan fingerprint density at radius 3 is 3.00 bits per heavy atom. The first-order valence-corrected chi connectivity index (χ1v) is 7.64. The fourth-order valence-corrected chi connectivity index (χ4v) is 3.09. The molecule has 1 aromatic carbocycles. The Balaban J connectivity index is 1.66. The molecule has 0 bridgehead atoms. The molecule has 0 saturated heterocycles. The maximum Gasteiger partial charge on any atom is 0.227 e. The molecule has 21 heavy (non-hydrogen) atoms. The molecule has 4 heteroatoms. The van der Waals surface area contributed by atoms with Gasteiger partial charge in [-0.05, 0) is 30.4 Å². The molecule has 1 aromatic heterocycles. The van der Waals surface area contributed by atoms with Crippen LogP contribution in [-0.2, 0) is 17.6 Å². The number of aromatic amines is 1. The predicted molar refractivity (Wildman–Crippen MR) is 82.0 cm³/mol. The van der Waals surface area contributed by atoms with Crippen molar-refractivity contribution in [2.24, 2.45) is 0 Å². The highest BCUT2D eigenvalue weighted by Gasteiger charge is 2.25. The van der Waals surface area contributed by atoms with Crippen LogP contribution in [0.4, 0.5) is 0 Å². The Kier molecular flexibility index (Phi) is 4.04. The minimum Gasteiger partial charge on any atom is -0.352 e. The summed E-state index contributed by atoms with van der Waals surface area (Å²) in [4.78, 5) is 12.6. The molecule has 2 N–H and O–H groups in total. The highest BCUT2D eigenvalue weighted by atomic mass is 16.1. The molecule has 3 rings (SSSR count). The quantitative estimate of drug-likeness (QED) is 0.906. The molecular weight excluding hydrogens is 262 g/mol. The van der Waals surface area contributed by atoms with Gasteiger partial charge in [-0.3, -0.25) is 9.89 Å². The van der Waals surface area contributed by atoms with Gasteiger partial charge in [-0.25, -0.2) is 0 Å². The fourth-order valence-electron chi connectivity index (χ4n) is 3.09.